The molecule has 0 radical (unpaired) electrons. The molecule has 0 atom stereocenters. The monoisotopic (exact) mass is 216 g/mol. The maximum atomic E-state index is 10.4. The molecule has 0 aliphatic rings. The van der Waals surface area contributed by atoms with Gasteiger partial charge in [0.1, 0.15) is 5.75 Å². The Morgan fingerprint density at radius 2 is 2.14 bits per heavy atom. The molecule has 0 fully saturated rings. The molecule has 0 aromatic heterocycles. The number of benzene rings is 1. The molecule has 5 heteroatoms. The van der Waals surface area contributed by atoms with E-state index in [9.17, 15) is 10.0 Å². The van der Waals surface area contributed by atoms with Crippen LogP contribution in [0.3, 0.4) is 0 Å². The van der Waals surface area contributed by atoms with Gasteiger partial charge in [-0.15, -0.1) is 17.3 Å². The molecule has 0 unspecified atom stereocenters. The third kappa shape index (κ3) is 2.35. The maximum Gasteiger partial charge on any atom is 0.172 e. The van der Waals surface area contributed by atoms with Gasteiger partial charge in [0.05, 0.1) is 5.69 Å². The molecular formula is C9H13ClN2O2. The van der Waals surface area contributed by atoms with Gasteiger partial charge in [-0.25, -0.2) is 0 Å². The first-order valence-electron chi connectivity index (χ1n) is 4.10. The predicted molar refractivity (Wildman–Crippen MR) is 59.7 cm³/mol. The van der Waals surface area contributed by atoms with Crippen molar-refractivity contribution in [2.75, 3.05) is 11.9 Å². The average molecular weight is 217 g/mol. The lowest BCUT2D eigenvalue weighted by Gasteiger charge is -2.09. The van der Waals surface area contributed by atoms with Crippen molar-refractivity contribution in [3.05, 3.63) is 22.6 Å². The van der Waals surface area contributed by atoms with E-state index in [0.29, 0.717) is 12.2 Å². The number of phenols is 1. The Morgan fingerprint density at radius 1 is 1.50 bits per heavy atom. The fourth-order valence-electron chi connectivity index (χ4n) is 1.17. The van der Waals surface area contributed by atoms with Crippen LogP contribution in [0.5, 0.6) is 5.75 Å². The van der Waals surface area contributed by atoms with Crippen molar-refractivity contribution in [1.82, 2.24) is 0 Å². The first-order chi connectivity index (χ1) is 6.20. The minimum Gasteiger partial charge on any atom is -0.505 e. The zero-order chi connectivity index (χ0) is 9.84. The molecule has 0 spiro atoms. The first kappa shape index (κ1) is 12.7. The van der Waals surface area contributed by atoms with Gasteiger partial charge in [-0.3, -0.25) is 0 Å². The van der Waals surface area contributed by atoms with E-state index in [4.69, 9.17) is 0 Å². The molecule has 0 heterocycles. The summed E-state index contributed by atoms with van der Waals surface area (Å²) in [6, 6.07) is 3.20. The molecular weight excluding hydrogens is 204 g/mol. The molecule has 0 saturated carbocycles. The minimum absolute atomic E-state index is 0. The minimum atomic E-state index is -0.0865. The number of halogens is 1. The van der Waals surface area contributed by atoms with Crippen LogP contribution in [0.4, 0.5) is 11.4 Å². The van der Waals surface area contributed by atoms with Crippen LogP contribution < -0.4 is 5.32 Å². The van der Waals surface area contributed by atoms with Gasteiger partial charge in [0.15, 0.2) is 5.69 Å². The number of nitroso groups, excluding NO2 is 1. The SMILES string of the molecule is CCNc1c(C)ccc(O)c1N=O.Cl. The third-order valence-corrected chi connectivity index (χ3v) is 1.81. The lowest BCUT2D eigenvalue weighted by atomic mass is 10.1. The zero-order valence-electron chi connectivity index (χ0n) is 8.07. The van der Waals surface area contributed by atoms with Gasteiger partial charge in [0.2, 0.25) is 0 Å². The summed E-state index contributed by atoms with van der Waals surface area (Å²) in [5, 5.41) is 15.1. The van der Waals surface area contributed by atoms with Crippen molar-refractivity contribution in [2.24, 2.45) is 5.18 Å². The number of aryl methyl sites for hydroxylation is 1. The lowest BCUT2D eigenvalue weighted by molar-refractivity contribution is 0.477. The maximum absolute atomic E-state index is 10.4. The molecule has 0 aliphatic heterocycles. The van der Waals surface area contributed by atoms with Gasteiger partial charge >= 0.3 is 0 Å². The number of nitrogens with zero attached hydrogens (tertiary/aromatic N) is 1. The molecule has 0 bridgehead atoms. The van der Waals surface area contributed by atoms with Crippen LogP contribution in [0.15, 0.2) is 17.3 Å². The summed E-state index contributed by atoms with van der Waals surface area (Å²) in [4.78, 5) is 10.4. The highest BCUT2D eigenvalue weighted by Gasteiger charge is 2.10. The summed E-state index contributed by atoms with van der Waals surface area (Å²) >= 11 is 0. The van der Waals surface area contributed by atoms with E-state index in [1.54, 1.807) is 6.07 Å². The summed E-state index contributed by atoms with van der Waals surface area (Å²) in [5.41, 5.74) is 1.59. The molecule has 4 nitrogen and oxygen atoms in total. The zero-order valence-corrected chi connectivity index (χ0v) is 8.89. The van der Waals surface area contributed by atoms with Crippen molar-refractivity contribution >= 4 is 23.8 Å². The second-order valence-electron chi connectivity index (χ2n) is 2.75. The molecule has 14 heavy (non-hydrogen) atoms. The summed E-state index contributed by atoms with van der Waals surface area (Å²) in [6.45, 7) is 4.46. The van der Waals surface area contributed by atoms with Crippen LogP contribution in [0.25, 0.3) is 0 Å². The van der Waals surface area contributed by atoms with Crippen molar-refractivity contribution in [3.8, 4) is 5.75 Å². The van der Waals surface area contributed by atoms with Crippen LogP contribution in [-0.2, 0) is 0 Å². The number of hydrogen-bond donors (Lipinski definition) is 2. The number of aromatic hydroxyl groups is 1. The van der Waals surface area contributed by atoms with E-state index >= 15 is 0 Å². The molecule has 1 aromatic carbocycles. The third-order valence-electron chi connectivity index (χ3n) is 1.81. The predicted octanol–water partition coefficient (Wildman–Crippen LogP) is 2.95. The molecule has 1 aromatic rings. The Hall–Kier alpha value is -1.29. The van der Waals surface area contributed by atoms with E-state index in [2.05, 4.69) is 10.5 Å². The van der Waals surface area contributed by atoms with E-state index in [-0.39, 0.29) is 23.8 Å². The number of nitrogens with one attached hydrogen (secondary N) is 1. The molecule has 0 amide bonds. The molecule has 0 aliphatic carbocycles. The second kappa shape index (κ2) is 5.44. The van der Waals surface area contributed by atoms with Gasteiger partial charge in [-0.1, -0.05) is 6.07 Å². The average Bonchev–Trinajstić information content (AvgIpc) is 2.12. The number of rotatable bonds is 3. The standard InChI is InChI=1S/C9H12N2O2.ClH/c1-3-10-8-6(2)4-5-7(12)9(8)11-13;/h4-5,10,12H,3H2,1-2H3;1H. The van der Waals surface area contributed by atoms with Crippen molar-refractivity contribution in [3.63, 3.8) is 0 Å². The summed E-state index contributed by atoms with van der Waals surface area (Å²) < 4.78 is 0. The Balaban J connectivity index is 0.00000169. The van der Waals surface area contributed by atoms with Gasteiger partial charge in [0.25, 0.3) is 0 Å². The topological polar surface area (TPSA) is 61.7 Å². The fraction of sp³-hybridized carbons (Fsp3) is 0.333. The summed E-state index contributed by atoms with van der Waals surface area (Å²) in [7, 11) is 0. The van der Waals surface area contributed by atoms with Crippen molar-refractivity contribution in [2.45, 2.75) is 13.8 Å². The second-order valence-corrected chi connectivity index (χ2v) is 2.75. The molecule has 1 rings (SSSR count). The normalized spacial score (nSPS) is 9.00. The fourth-order valence-corrected chi connectivity index (χ4v) is 1.17. The quantitative estimate of drug-likeness (QED) is 0.764. The summed E-state index contributed by atoms with van der Waals surface area (Å²) in [5.74, 6) is -0.0865. The van der Waals surface area contributed by atoms with E-state index < -0.39 is 0 Å². The smallest absolute Gasteiger partial charge is 0.172 e. The van der Waals surface area contributed by atoms with Gasteiger partial charge in [-0.05, 0) is 30.7 Å². The molecule has 2 N–H and O–H groups in total. The Morgan fingerprint density at radius 3 is 2.64 bits per heavy atom. The van der Waals surface area contributed by atoms with Crippen molar-refractivity contribution in [1.29, 1.82) is 0 Å². The Labute approximate surface area is 88.7 Å². The Bertz CT molecular complexity index is 329. The highest BCUT2D eigenvalue weighted by Crippen LogP contribution is 2.36. The van der Waals surface area contributed by atoms with Gasteiger partial charge in [0, 0.05) is 6.54 Å². The van der Waals surface area contributed by atoms with Gasteiger partial charge in [-0.2, -0.15) is 0 Å². The first-order valence-corrected chi connectivity index (χ1v) is 4.10. The van der Waals surface area contributed by atoms with Crippen LogP contribution in [0.2, 0.25) is 0 Å². The highest BCUT2D eigenvalue weighted by molar-refractivity contribution is 5.85. The largest absolute Gasteiger partial charge is 0.505 e. The van der Waals surface area contributed by atoms with Crippen LogP contribution in [0.1, 0.15) is 12.5 Å². The number of hydrogen-bond acceptors (Lipinski definition) is 4. The molecule has 78 valence electrons. The van der Waals surface area contributed by atoms with Crippen molar-refractivity contribution < 1.29 is 5.11 Å². The van der Waals surface area contributed by atoms with Crippen LogP contribution >= 0.6 is 12.4 Å². The summed E-state index contributed by atoms with van der Waals surface area (Å²) in [6.07, 6.45) is 0. The molecule has 0 saturated heterocycles. The van der Waals surface area contributed by atoms with Gasteiger partial charge < -0.3 is 10.4 Å². The lowest BCUT2D eigenvalue weighted by Crippen LogP contribution is -1.98. The highest BCUT2D eigenvalue weighted by atomic mass is 35.5. The van der Waals surface area contributed by atoms with Crippen LogP contribution in [0, 0.1) is 11.8 Å². The van der Waals surface area contributed by atoms with E-state index in [1.807, 2.05) is 13.8 Å². The van der Waals surface area contributed by atoms with E-state index in [1.165, 1.54) is 6.07 Å². The number of anilines is 1. The van der Waals surface area contributed by atoms with E-state index in [0.717, 1.165) is 5.56 Å². The Kier molecular flexibility index (Phi) is 4.94. The number of phenolic OH excluding ortho intramolecular Hbond substituents is 1. The van der Waals surface area contributed by atoms with Crippen LogP contribution in [-0.4, -0.2) is 11.7 Å².